The number of phenols is 1. The minimum atomic E-state index is -0.451. The van der Waals surface area contributed by atoms with Crippen LogP contribution in [-0.4, -0.2) is 38.1 Å². The standard InChI is InChI=1S/C22H24N4O4/c1-26-12-20(30-22(26)28)13-5-6-17(19(27)9-13)18-7-8-21(25-24-18)29-16-10-14-3-2-4-15(11-16)23-14/h5-9,12,14-16,23,27H,2-4,10-11H2,1H3/t14-,15+,16-. The zero-order valence-corrected chi connectivity index (χ0v) is 16.7. The number of phenolic OH excluding ortho intramolecular Hbond substituents is 1. The zero-order valence-electron chi connectivity index (χ0n) is 16.7. The van der Waals surface area contributed by atoms with E-state index in [1.165, 1.54) is 23.8 Å². The van der Waals surface area contributed by atoms with Crippen molar-refractivity contribution in [2.24, 2.45) is 7.05 Å². The lowest BCUT2D eigenvalue weighted by Gasteiger charge is -2.39. The van der Waals surface area contributed by atoms with E-state index in [1.807, 2.05) is 0 Å². The van der Waals surface area contributed by atoms with E-state index >= 15 is 0 Å². The monoisotopic (exact) mass is 408 g/mol. The van der Waals surface area contributed by atoms with E-state index < -0.39 is 5.76 Å². The summed E-state index contributed by atoms with van der Waals surface area (Å²) < 4.78 is 12.6. The van der Waals surface area contributed by atoms with Gasteiger partial charge in [-0.2, -0.15) is 0 Å². The third-order valence-corrected chi connectivity index (χ3v) is 5.95. The molecule has 2 saturated heterocycles. The fourth-order valence-electron chi connectivity index (χ4n) is 4.46. The van der Waals surface area contributed by atoms with Crippen LogP contribution in [0.4, 0.5) is 0 Å². The summed E-state index contributed by atoms with van der Waals surface area (Å²) in [5, 5.41) is 22.6. The third kappa shape index (κ3) is 3.70. The molecule has 2 fully saturated rings. The van der Waals surface area contributed by atoms with Crippen molar-refractivity contribution in [3.63, 3.8) is 0 Å². The van der Waals surface area contributed by atoms with E-state index in [-0.39, 0.29) is 11.9 Å². The first-order valence-electron chi connectivity index (χ1n) is 10.3. The van der Waals surface area contributed by atoms with E-state index in [1.54, 1.807) is 43.6 Å². The zero-order chi connectivity index (χ0) is 20.7. The summed E-state index contributed by atoms with van der Waals surface area (Å²) in [6, 6.07) is 9.72. The van der Waals surface area contributed by atoms with Crippen LogP contribution in [0.15, 0.2) is 45.7 Å². The van der Waals surface area contributed by atoms with Crippen molar-refractivity contribution in [2.45, 2.75) is 50.3 Å². The number of nitrogens with zero attached hydrogens (tertiary/aromatic N) is 3. The number of nitrogens with one attached hydrogen (secondary N) is 1. The summed E-state index contributed by atoms with van der Waals surface area (Å²) in [6.07, 6.45) is 7.45. The molecule has 8 heteroatoms. The summed E-state index contributed by atoms with van der Waals surface area (Å²) in [5.41, 5.74) is 1.70. The lowest BCUT2D eigenvalue weighted by atomic mass is 9.85. The molecule has 30 heavy (non-hydrogen) atoms. The van der Waals surface area contributed by atoms with Crippen molar-refractivity contribution in [3.05, 3.63) is 47.1 Å². The molecule has 8 nitrogen and oxygen atoms in total. The van der Waals surface area contributed by atoms with Crippen LogP contribution in [0.2, 0.25) is 0 Å². The molecular weight excluding hydrogens is 384 g/mol. The normalized spacial score (nSPS) is 23.3. The smallest absolute Gasteiger partial charge is 0.419 e. The number of hydrogen-bond acceptors (Lipinski definition) is 7. The molecule has 0 aliphatic carbocycles. The molecule has 2 bridgehead atoms. The van der Waals surface area contributed by atoms with Crippen LogP contribution in [-0.2, 0) is 7.05 Å². The fourth-order valence-corrected chi connectivity index (χ4v) is 4.46. The van der Waals surface area contributed by atoms with Gasteiger partial charge in [-0.3, -0.25) is 4.57 Å². The predicted molar refractivity (Wildman–Crippen MR) is 110 cm³/mol. The van der Waals surface area contributed by atoms with Crippen molar-refractivity contribution >= 4 is 0 Å². The van der Waals surface area contributed by atoms with Crippen LogP contribution < -0.4 is 15.8 Å². The lowest BCUT2D eigenvalue weighted by molar-refractivity contribution is 0.0881. The summed E-state index contributed by atoms with van der Waals surface area (Å²) in [5.74, 6) is 0.484. The molecule has 0 unspecified atom stereocenters. The molecular formula is C22H24N4O4. The molecule has 3 aromatic rings. The second-order valence-corrected chi connectivity index (χ2v) is 8.16. The first-order chi connectivity index (χ1) is 14.5. The van der Waals surface area contributed by atoms with Gasteiger partial charge >= 0.3 is 5.76 Å². The molecule has 3 atom stereocenters. The van der Waals surface area contributed by atoms with E-state index in [9.17, 15) is 9.90 Å². The maximum atomic E-state index is 11.5. The Hall–Kier alpha value is -3.13. The summed E-state index contributed by atoms with van der Waals surface area (Å²) in [6.45, 7) is 0. The number of piperidine rings is 2. The minimum absolute atomic E-state index is 0.0353. The Labute approximate surface area is 173 Å². The molecule has 4 heterocycles. The van der Waals surface area contributed by atoms with E-state index in [4.69, 9.17) is 9.15 Å². The molecule has 2 aliphatic rings. The van der Waals surface area contributed by atoms with Gasteiger partial charge in [-0.1, -0.05) is 12.5 Å². The van der Waals surface area contributed by atoms with Crippen LogP contribution in [0.3, 0.4) is 0 Å². The Kier molecular flexibility index (Phi) is 4.78. The van der Waals surface area contributed by atoms with Gasteiger partial charge < -0.3 is 19.6 Å². The highest BCUT2D eigenvalue weighted by Crippen LogP contribution is 2.33. The third-order valence-electron chi connectivity index (χ3n) is 5.95. The van der Waals surface area contributed by atoms with Crippen molar-refractivity contribution in [1.82, 2.24) is 20.1 Å². The Balaban J connectivity index is 1.31. The van der Waals surface area contributed by atoms with Crippen LogP contribution >= 0.6 is 0 Å². The second-order valence-electron chi connectivity index (χ2n) is 8.16. The van der Waals surface area contributed by atoms with Gasteiger partial charge in [-0.25, -0.2) is 4.79 Å². The molecule has 0 spiro atoms. The number of rotatable bonds is 4. The SMILES string of the molecule is Cn1cc(-c2ccc(-c3ccc(O[C@@H]4C[C@H]5CCC[C@@H](C4)N5)nn3)c(O)c2)oc1=O. The maximum Gasteiger partial charge on any atom is 0.419 e. The highest BCUT2D eigenvalue weighted by Gasteiger charge is 2.32. The first-order valence-corrected chi connectivity index (χ1v) is 10.3. The molecule has 5 rings (SSSR count). The highest BCUT2D eigenvalue weighted by atomic mass is 16.5. The lowest BCUT2D eigenvalue weighted by Crippen LogP contribution is -2.51. The number of benzene rings is 1. The molecule has 0 saturated carbocycles. The van der Waals surface area contributed by atoms with Gasteiger partial charge in [0.05, 0.1) is 11.9 Å². The average Bonchev–Trinajstić information content (AvgIpc) is 3.07. The summed E-state index contributed by atoms with van der Waals surface area (Å²) >= 11 is 0. The number of hydrogen-bond donors (Lipinski definition) is 2. The predicted octanol–water partition coefficient (Wildman–Crippen LogP) is 2.86. The van der Waals surface area contributed by atoms with Gasteiger partial charge in [-0.15, -0.1) is 10.2 Å². The van der Waals surface area contributed by atoms with E-state index in [0.717, 1.165) is 12.8 Å². The molecule has 0 amide bonds. The van der Waals surface area contributed by atoms with Crippen LogP contribution in [0.1, 0.15) is 32.1 Å². The Morgan fingerprint density at radius 3 is 2.60 bits per heavy atom. The Morgan fingerprint density at radius 1 is 1.17 bits per heavy atom. The van der Waals surface area contributed by atoms with Gasteiger partial charge in [0.25, 0.3) is 0 Å². The first kappa shape index (κ1) is 18.9. The second kappa shape index (κ2) is 7.60. The fraction of sp³-hybridized carbons (Fsp3) is 0.409. The number of aromatic hydroxyl groups is 1. The van der Waals surface area contributed by atoms with Crippen LogP contribution in [0, 0.1) is 0 Å². The number of ether oxygens (including phenoxy) is 1. The van der Waals surface area contributed by atoms with Crippen molar-refractivity contribution < 1.29 is 14.3 Å². The minimum Gasteiger partial charge on any atom is -0.507 e. The topological polar surface area (TPSA) is 102 Å². The summed E-state index contributed by atoms with van der Waals surface area (Å²) in [7, 11) is 1.61. The maximum absolute atomic E-state index is 11.5. The number of aromatic nitrogens is 3. The van der Waals surface area contributed by atoms with Crippen molar-refractivity contribution in [3.8, 4) is 34.2 Å². The molecule has 2 aliphatic heterocycles. The molecule has 0 radical (unpaired) electrons. The van der Waals surface area contributed by atoms with Crippen molar-refractivity contribution in [1.29, 1.82) is 0 Å². The molecule has 2 N–H and O–H groups in total. The average molecular weight is 408 g/mol. The molecule has 1 aromatic carbocycles. The van der Waals surface area contributed by atoms with Gasteiger partial charge in [0.2, 0.25) is 5.88 Å². The van der Waals surface area contributed by atoms with Gasteiger partial charge in [0.15, 0.2) is 5.76 Å². The Morgan fingerprint density at radius 2 is 1.97 bits per heavy atom. The van der Waals surface area contributed by atoms with Gasteiger partial charge in [0, 0.05) is 36.3 Å². The Bertz CT molecular complexity index is 1090. The molecule has 156 valence electrons. The van der Waals surface area contributed by atoms with Crippen LogP contribution in [0.5, 0.6) is 11.6 Å². The number of oxazole rings is 1. The van der Waals surface area contributed by atoms with E-state index in [2.05, 4.69) is 15.5 Å². The number of aryl methyl sites for hydroxylation is 1. The van der Waals surface area contributed by atoms with Crippen molar-refractivity contribution in [2.75, 3.05) is 0 Å². The molecule has 2 aromatic heterocycles. The van der Waals surface area contributed by atoms with Gasteiger partial charge in [-0.05, 0) is 43.9 Å². The van der Waals surface area contributed by atoms with Crippen LogP contribution in [0.25, 0.3) is 22.6 Å². The summed E-state index contributed by atoms with van der Waals surface area (Å²) in [4.78, 5) is 11.5. The number of fused-ring (bicyclic) bond motifs is 2. The van der Waals surface area contributed by atoms with E-state index in [0.29, 0.717) is 40.5 Å². The highest BCUT2D eigenvalue weighted by molar-refractivity contribution is 5.72. The van der Waals surface area contributed by atoms with Gasteiger partial charge in [0.1, 0.15) is 11.9 Å². The quantitative estimate of drug-likeness (QED) is 0.684. The largest absolute Gasteiger partial charge is 0.507 e.